The minimum absolute atomic E-state index is 0.659. The normalized spacial score (nSPS) is 13.7. The molecule has 0 amide bonds. The van der Waals surface area contributed by atoms with E-state index in [-0.39, 0.29) is 0 Å². The van der Waals surface area contributed by atoms with Gasteiger partial charge in [-0.2, -0.15) is 10.2 Å². The van der Waals surface area contributed by atoms with Gasteiger partial charge in [-0.3, -0.25) is 9.47 Å². The highest BCUT2D eigenvalue weighted by Crippen LogP contribution is 2.29. The average molecular weight is 423 g/mol. The number of hydrogen-bond acceptors (Lipinski definition) is 5. The van der Waals surface area contributed by atoms with E-state index in [4.69, 9.17) is 9.97 Å². The topological polar surface area (TPSA) is 69.8 Å². The minimum atomic E-state index is 0.659. The lowest BCUT2D eigenvalue weighted by molar-refractivity contribution is 0.265. The molecule has 6 heteroatoms. The fourth-order valence-electron chi connectivity index (χ4n) is 4.48. The predicted octanol–water partition coefficient (Wildman–Crippen LogP) is 4.59. The maximum atomic E-state index is 9.53. The zero-order valence-corrected chi connectivity index (χ0v) is 18.5. The molecule has 0 radical (unpaired) electrons. The van der Waals surface area contributed by atoms with Gasteiger partial charge in [0, 0.05) is 42.7 Å². The molecule has 32 heavy (non-hydrogen) atoms. The van der Waals surface area contributed by atoms with E-state index in [2.05, 4.69) is 52.0 Å². The summed E-state index contributed by atoms with van der Waals surface area (Å²) in [5.41, 5.74) is 6.15. The van der Waals surface area contributed by atoms with Crippen molar-refractivity contribution in [3.63, 3.8) is 0 Å². The summed E-state index contributed by atoms with van der Waals surface area (Å²) in [6, 6.07) is 20.5. The number of benzene rings is 2. The molecule has 0 atom stereocenters. The van der Waals surface area contributed by atoms with Crippen molar-refractivity contribution >= 4 is 16.7 Å². The molecule has 0 saturated carbocycles. The van der Waals surface area contributed by atoms with Crippen molar-refractivity contribution < 1.29 is 0 Å². The first-order chi connectivity index (χ1) is 15.7. The molecular weight excluding hydrogens is 396 g/mol. The molecule has 4 aromatic rings. The van der Waals surface area contributed by atoms with Crippen molar-refractivity contribution in [2.24, 2.45) is 0 Å². The van der Waals surface area contributed by atoms with Gasteiger partial charge >= 0.3 is 0 Å². The first-order valence-corrected chi connectivity index (χ1v) is 11.1. The SMILES string of the molecule is CCN1CCc2nc(-n3c(C)cc4c(C#N)cccc43)nc(NCc3ccccc3)c2C1. The van der Waals surface area contributed by atoms with Crippen molar-refractivity contribution in [3.05, 3.63) is 82.7 Å². The first kappa shape index (κ1) is 20.2. The largest absolute Gasteiger partial charge is 0.366 e. The van der Waals surface area contributed by atoms with Gasteiger partial charge in [0.1, 0.15) is 5.82 Å². The van der Waals surface area contributed by atoms with Crippen LogP contribution in [0.1, 0.15) is 35.0 Å². The van der Waals surface area contributed by atoms with Gasteiger partial charge in [-0.05, 0) is 37.2 Å². The summed E-state index contributed by atoms with van der Waals surface area (Å²) in [5.74, 6) is 1.55. The molecule has 6 nitrogen and oxygen atoms in total. The van der Waals surface area contributed by atoms with Gasteiger partial charge in [0.05, 0.1) is 22.8 Å². The quantitative estimate of drug-likeness (QED) is 0.509. The van der Waals surface area contributed by atoms with Crippen molar-refractivity contribution in [2.45, 2.75) is 33.4 Å². The third-order valence-corrected chi connectivity index (χ3v) is 6.23. The number of aryl methyl sites for hydroxylation is 1. The highest BCUT2D eigenvalue weighted by Gasteiger charge is 2.23. The van der Waals surface area contributed by atoms with Crippen molar-refractivity contribution in [3.8, 4) is 12.0 Å². The van der Waals surface area contributed by atoms with Gasteiger partial charge in [0.2, 0.25) is 5.95 Å². The van der Waals surface area contributed by atoms with Gasteiger partial charge in [0.25, 0.3) is 0 Å². The molecule has 0 unspecified atom stereocenters. The fourth-order valence-corrected chi connectivity index (χ4v) is 4.48. The number of hydrogen-bond donors (Lipinski definition) is 1. The van der Waals surface area contributed by atoms with E-state index in [0.717, 1.165) is 54.2 Å². The number of fused-ring (bicyclic) bond motifs is 2. The standard InChI is InChI=1S/C26H26N6/c1-3-31-13-12-23-22(17-31)25(28-16-19-8-5-4-6-9-19)30-26(29-23)32-18(2)14-21-20(15-27)10-7-11-24(21)32/h4-11,14H,3,12-13,16-17H2,1-2H3,(H,28,29,30). The second-order valence-electron chi connectivity index (χ2n) is 8.23. The highest BCUT2D eigenvalue weighted by molar-refractivity contribution is 5.88. The van der Waals surface area contributed by atoms with Crippen LogP contribution in [0.4, 0.5) is 5.82 Å². The van der Waals surface area contributed by atoms with Gasteiger partial charge in [0.15, 0.2) is 0 Å². The molecule has 1 N–H and O–H groups in total. The van der Waals surface area contributed by atoms with Crippen LogP contribution in [0.15, 0.2) is 54.6 Å². The zero-order valence-electron chi connectivity index (χ0n) is 18.5. The Morgan fingerprint density at radius 1 is 1.09 bits per heavy atom. The summed E-state index contributed by atoms with van der Waals surface area (Å²) in [7, 11) is 0. The van der Waals surface area contributed by atoms with E-state index in [1.807, 2.05) is 37.3 Å². The van der Waals surface area contributed by atoms with Crippen LogP contribution in [0.2, 0.25) is 0 Å². The Morgan fingerprint density at radius 3 is 2.72 bits per heavy atom. The van der Waals surface area contributed by atoms with E-state index in [1.54, 1.807) is 0 Å². The summed E-state index contributed by atoms with van der Waals surface area (Å²) in [6.45, 7) is 7.81. The third kappa shape index (κ3) is 3.61. The summed E-state index contributed by atoms with van der Waals surface area (Å²) >= 11 is 0. The monoisotopic (exact) mass is 422 g/mol. The highest BCUT2D eigenvalue weighted by atomic mass is 15.2. The van der Waals surface area contributed by atoms with Gasteiger partial charge in [-0.25, -0.2) is 4.98 Å². The molecule has 0 aliphatic carbocycles. The van der Waals surface area contributed by atoms with Crippen LogP contribution in [0.5, 0.6) is 0 Å². The summed E-state index contributed by atoms with van der Waals surface area (Å²) in [5, 5.41) is 14.0. The van der Waals surface area contributed by atoms with Crippen LogP contribution in [-0.4, -0.2) is 32.5 Å². The Bertz CT molecular complexity index is 1320. The molecule has 0 saturated heterocycles. The first-order valence-electron chi connectivity index (χ1n) is 11.1. The number of anilines is 1. The molecule has 1 aliphatic rings. The lowest BCUT2D eigenvalue weighted by Gasteiger charge is -2.29. The summed E-state index contributed by atoms with van der Waals surface area (Å²) in [4.78, 5) is 12.4. The predicted molar refractivity (Wildman–Crippen MR) is 127 cm³/mol. The Labute approximate surface area is 188 Å². The van der Waals surface area contributed by atoms with E-state index in [9.17, 15) is 5.26 Å². The molecule has 2 aromatic carbocycles. The Kier molecular flexibility index (Phi) is 5.34. The number of nitriles is 1. The molecular formula is C26H26N6. The van der Waals surface area contributed by atoms with Crippen molar-refractivity contribution in [2.75, 3.05) is 18.4 Å². The maximum absolute atomic E-state index is 9.53. The van der Waals surface area contributed by atoms with E-state index < -0.39 is 0 Å². The number of likely N-dealkylation sites (N-methyl/N-ethyl adjacent to an activating group) is 1. The second-order valence-corrected chi connectivity index (χ2v) is 8.23. The fraction of sp³-hybridized carbons (Fsp3) is 0.269. The molecule has 0 fully saturated rings. The minimum Gasteiger partial charge on any atom is -0.366 e. The average Bonchev–Trinajstić information content (AvgIpc) is 3.18. The number of aromatic nitrogens is 3. The molecule has 160 valence electrons. The third-order valence-electron chi connectivity index (χ3n) is 6.23. The van der Waals surface area contributed by atoms with Gasteiger partial charge in [-0.15, -0.1) is 0 Å². The van der Waals surface area contributed by atoms with Crippen LogP contribution >= 0.6 is 0 Å². The van der Waals surface area contributed by atoms with E-state index >= 15 is 0 Å². The van der Waals surface area contributed by atoms with Crippen LogP contribution in [0.3, 0.4) is 0 Å². The summed E-state index contributed by atoms with van der Waals surface area (Å²) in [6.07, 6.45) is 0.903. The van der Waals surface area contributed by atoms with Gasteiger partial charge < -0.3 is 5.32 Å². The van der Waals surface area contributed by atoms with E-state index in [1.165, 1.54) is 11.1 Å². The lowest BCUT2D eigenvalue weighted by Crippen LogP contribution is -2.32. The molecule has 5 rings (SSSR count). The Hall–Kier alpha value is -3.69. The maximum Gasteiger partial charge on any atom is 0.236 e. The molecule has 1 aliphatic heterocycles. The smallest absolute Gasteiger partial charge is 0.236 e. The van der Waals surface area contributed by atoms with Crippen LogP contribution in [0, 0.1) is 18.3 Å². The van der Waals surface area contributed by atoms with Crippen LogP contribution < -0.4 is 5.32 Å². The van der Waals surface area contributed by atoms with E-state index in [0.29, 0.717) is 18.1 Å². The summed E-state index contributed by atoms with van der Waals surface area (Å²) < 4.78 is 2.07. The Morgan fingerprint density at radius 2 is 1.94 bits per heavy atom. The van der Waals surface area contributed by atoms with Crippen LogP contribution in [0.25, 0.3) is 16.9 Å². The van der Waals surface area contributed by atoms with Crippen molar-refractivity contribution in [1.82, 2.24) is 19.4 Å². The molecule has 0 bridgehead atoms. The lowest BCUT2D eigenvalue weighted by atomic mass is 10.1. The number of nitrogens with zero attached hydrogens (tertiary/aromatic N) is 5. The van der Waals surface area contributed by atoms with Crippen molar-refractivity contribution in [1.29, 1.82) is 5.26 Å². The second kappa shape index (κ2) is 8.45. The van der Waals surface area contributed by atoms with Crippen LogP contribution in [-0.2, 0) is 19.5 Å². The molecule has 3 heterocycles. The van der Waals surface area contributed by atoms with Gasteiger partial charge in [-0.1, -0.05) is 43.3 Å². The molecule has 2 aromatic heterocycles. The Balaban J connectivity index is 1.62. The number of rotatable bonds is 5. The zero-order chi connectivity index (χ0) is 22.1. The number of nitrogens with one attached hydrogen (secondary N) is 1. The molecule has 0 spiro atoms.